The largest absolute Gasteiger partial charge is 0.497 e. The summed E-state index contributed by atoms with van der Waals surface area (Å²) in [4.78, 5) is 12.5. The van der Waals surface area contributed by atoms with Gasteiger partial charge < -0.3 is 14.8 Å². The predicted octanol–water partition coefficient (Wildman–Crippen LogP) is 3.06. The van der Waals surface area contributed by atoms with E-state index in [-0.39, 0.29) is 5.91 Å². The summed E-state index contributed by atoms with van der Waals surface area (Å²) in [6.45, 7) is 3.77. The Kier molecular flexibility index (Phi) is 4.52. The zero-order chi connectivity index (χ0) is 15.6. The summed E-state index contributed by atoms with van der Waals surface area (Å²) in [5.74, 6) is 1.18. The molecular formula is C14H16BrN3O3. The van der Waals surface area contributed by atoms with E-state index in [1.165, 1.54) is 14.2 Å². The molecule has 2 N–H and O–H groups in total. The molecule has 0 aliphatic carbocycles. The number of nitrogens with one attached hydrogen (secondary N) is 2. The normalized spacial score (nSPS) is 10.3. The van der Waals surface area contributed by atoms with Crippen LogP contribution in [0.1, 0.15) is 21.6 Å². The minimum Gasteiger partial charge on any atom is -0.497 e. The maximum Gasteiger partial charge on any atom is 0.260 e. The van der Waals surface area contributed by atoms with Crippen molar-refractivity contribution in [3.8, 4) is 11.5 Å². The van der Waals surface area contributed by atoms with Crippen molar-refractivity contribution < 1.29 is 14.3 Å². The number of halogens is 1. The average Bonchev–Trinajstić information content (AvgIpc) is 2.78. The van der Waals surface area contributed by atoms with Crippen LogP contribution in [0.15, 0.2) is 16.6 Å². The quantitative estimate of drug-likeness (QED) is 0.885. The van der Waals surface area contributed by atoms with Gasteiger partial charge in [-0.3, -0.25) is 9.89 Å². The first kappa shape index (κ1) is 15.4. The number of benzene rings is 1. The van der Waals surface area contributed by atoms with Crippen molar-refractivity contribution in [3.63, 3.8) is 0 Å². The fourth-order valence-corrected chi connectivity index (χ4v) is 2.45. The van der Waals surface area contributed by atoms with Gasteiger partial charge in [0, 0.05) is 11.3 Å². The highest BCUT2D eigenvalue weighted by molar-refractivity contribution is 9.10. The minimum atomic E-state index is -0.318. The molecule has 2 rings (SSSR count). The molecule has 0 bridgehead atoms. The molecule has 0 atom stereocenters. The van der Waals surface area contributed by atoms with Crippen molar-refractivity contribution in [3.05, 3.63) is 33.4 Å². The van der Waals surface area contributed by atoms with Crippen molar-refractivity contribution in [1.82, 2.24) is 10.2 Å². The highest BCUT2D eigenvalue weighted by atomic mass is 79.9. The number of nitrogens with zero attached hydrogens (tertiary/aromatic N) is 1. The lowest BCUT2D eigenvalue weighted by Crippen LogP contribution is -2.14. The van der Waals surface area contributed by atoms with Gasteiger partial charge in [-0.15, -0.1) is 0 Å². The summed E-state index contributed by atoms with van der Waals surface area (Å²) in [6.07, 6.45) is 0. The standard InChI is InChI=1S/C14H16BrN3O3/c1-7-8(2)17-18-13(7)16-14(19)10-5-9(20-3)6-11(15)12(10)21-4/h5-6H,1-4H3,(H2,16,17,18,19). The molecule has 1 aromatic heterocycles. The number of ether oxygens (including phenoxy) is 2. The number of H-pyrrole nitrogens is 1. The summed E-state index contributed by atoms with van der Waals surface area (Å²) >= 11 is 3.36. The zero-order valence-electron chi connectivity index (χ0n) is 12.2. The van der Waals surface area contributed by atoms with Crippen LogP contribution >= 0.6 is 15.9 Å². The van der Waals surface area contributed by atoms with Gasteiger partial charge >= 0.3 is 0 Å². The van der Waals surface area contributed by atoms with Gasteiger partial charge in [-0.2, -0.15) is 5.10 Å². The van der Waals surface area contributed by atoms with Crippen molar-refractivity contribution in [2.75, 3.05) is 19.5 Å². The Labute approximate surface area is 131 Å². The van der Waals surface area contributed by atoms with Crippen LogP contribution in [0.5, 0.6) is 11.5 Å². The molecule has 21 heavy (non-hydrogen) atoms. The van der Waals surface area contributed by atoms with Crippen LogP contribution < -0.4 is 14.8 Å². The van der Waals surface area contributed by atoms with E-state index in [1.807, 2.05) is 13.8 Å². The number of methoxy groups -OCH3 is 2. The van der Waals surface area contributed by atoms with Crippen LogP contribution in [0.25, 0.3) is 0 Å². The van der Waals surface area contributed by atoms with Crippen LogP contribution in [0.4, 0.5) is 5.82 Å². The number of carbonyl (C=O) groups excluding carboxylic acids is 1. The fraction of sp³-hybridized carbons (Fsp3) is 0.286. The van der Waals surface area contributed by atoms with Crippen molar-refractivity contribution >= 4 is 27.7 Å². The summed E-state index contributed by atoms with van der Waals surface area (Å²) in [7, 11) is 3.05. The number of aryl methyl sites for hydroxylation is 1. The van der Waals surface area contributed by atoms with Crippen LogP contribution in [0.2, 0.25) is 0 Å². The molecule has 0 spiro atoms. The molecule has 2 aromatic rings. The zero-order valence-corrected chi connectivity index (χ0v) is 13.8. The van der Waals surface area contributed by atoms with Crippen molar-refractivity contribution in [1.29, 1.82) is 0 Å². The molecule has 112 valence electrons. The SMILES string of the molecule is COc1cc(Br)c(OC)c(C(=O)Nc2n[nH]c(C)c2C)c1. The van der Waals surface area contributed by atoms with Crippen LogP contribution in [0.3, 0.4) is 0 Å². The Morgan fingerprint density at radius 2 is 2.00 bits per heavy atom. The number of hydrogen-bond donors (Lipinski definition) is 2. The number of anilines is 1. The van der Waals surface area contributed by atoms with E-state index >= 15 is 0 Å². The molecular weight excluding hydrogens is 338 g/mol. The second kappa shape index (κ2) is 6.17. The van der Waals surface area contributed by atoms with Gasteiger partial charge in [0.15, 0.2) is 5.82 Å². The summed E-state index contributed by atoms with van der Waals surface area (Å²) in [5.41, 5.74) is 2.16. The summed E-state index contributed by atoms with van der Waals surface area (Å²) in [6, 6.07) is 3.35. The number of aromatic amines is 1. The number of amides is 1. The first-order chi connectivity index (χ1) is 9.97. The number of hydrogen-bond acceptors (Lipinski definition) is 4. The Bertz CT molecular complexity index is 682. The summed E-state index contributed by atoms with van der Waals surface area (Å²) in [5, 5.41) is 9.65. The average molecular weight is 354 g/mol. The van der Waals surface area contributed by atoms with E-state index in [4.69, 9.17) is 9.47 Å². The molecule has 1 amide bonds. The van der Waals surface area contributed by atoms with Crippen LogP contribution in [-0.2, 0) is 0 Å². The van der Waals surface area contributed by atoms with E-state index in [1.54, 1.807) is 12.1 Å². The molecule has 1 aromatic carbocycles. The number of aromatic nitrogens is 2. The highest BCUT2D eigenvalue weighted by Crippen LogP contribution is 2.34. The lowest BCUT2D eigenvalue weighted by molar-refractivity contribution is 0.102. The molecule has 1 heterocycles. The van der Waals surface area contributed by atoms with E-state index < -0.39 is 0 Å². The molecule has 6 nitrogen and oxygen atoms in total. The molecule has 0 saturated heterocycles. The molecule has 0 saturated carbocycles. The van der Waals surface area contributed by atoms with Crippen LogP contribution in [-0.4, -0.2) is 30.3 Å². The van der Waals surface area contributed by atoms with Gasteiger partial charge in [0.05, 0.1) is 24.3 Å². The van der Waals surface area contributed by atoms with E-state index in [9.17, 15) is 4.79 Å². The second-order valence-electron chi connectivity index (χ2n) is 4.47. The van der Waals surface area contributed by atoms with Crippen molar-refractivity contribution in [2.45, 2.75) is 13.8 Å². The third-order valence-electron chi connectivity index (χ3n) is 3.19. The van der Waals surface area contributed by atoms with E-state index in [2.05, 4.69) is 31.4 Å². The molecule has 0 aliphatic rings. The van der Waals surface area contributed by atoms with Crippen molar-refractivity contribution in [2.24, 2.45) is 0 Å². The summed E-state index contributed by atoms with van der Waals surface area (Å²) < 4.78 is 11.1. The van der Waals surface area contributed by atoms with Gasteiger partial charge in [0.25, 0.3) is 5.91 Å². The Balaban J connectivity index is 2.38. The van der Waals surface area contributed by atoms with Gasteiger partial charge in [0.2, 0.25) is 0 Å². The highest BCUT2D eigenvalue weighted by Gasteiger charge is 2.19. The Morgan fingerprint density at radius 1 is 1.29 bits per heavy atom. The molecule has 0 aliphatic heterocycles. The van der Waals surface area contributed by atoms with Crippen LogP contribution in [0, 0.1) is 13.8 Å². The predicted molar refractivity (Wildman–Crippen MR) is 83.3 cm³/mol. The third-order valence-corrected chi connectivity index (χ3v) is 3.78. The van der Waals surface area contributed by atoms with Gasteiger partial charge in [-0.25, -0.2) is 0 Å². The van der Waals surface area contributed by atoms with Gasteiger partial charge in [-0.05, 0) is 41.9 Å². The first-order valence-electron chi connectivity index (χ1n) is 6.22. The number of rotatable bonds is 4. The fourth-order valence-electron chi connectivity index (χ4n) is 1.84. The van der Waals surface area contributed by atoms with Gasteiger partial charge in [-0.1, -0.05) is 0 Å². The maximum absolute atomic E-state index is 12.5. The molecule has 7 heteroatoms. The maximum atomic E-state index is 12.5. The molecule has 0 radical (unpaired) electrons. The lowest BCUT2D eigenvalue weighted by atomic mass is 10.1. The van der Waals surface area contributed by atoms with Gasteiger partial charge in [0.1, 0.15) is 11.5 Å². The lowest BCUT2D eigenvalue weighted by Gasteiger charge is -2.12. The first-order valence-corrected chi connectivity index (χ1v) is 7.01. The smallest absolute Gasteiger partial charge is 0.260 e. The molecule has 0 unspecified atom stereocenters. The Morgan fingerprint density at radius 3 is 2.52 bits per heavy atom. The third kappa shape index (κ3) is 3.02. The monoisotopic (exact) mass is 353 g/mol. The minimum absolute atomic E-state index is 0.318. The second-order valence-corrected chi connectivity index (χ2v) is 5.32. The topological polar surface area (TPSA) is 76.2 Å². The molecule has 0 fully saturated rings. The Hall–Kier alpha value is -2.02. The van der Waals surface area contributed by atoms with E-state index in [0.717, 1.165) is 11.3 Å². The van der Waals surface area contributed by atoms with E-state index in [0.29, 0.717) is 27.4 Å². The number of carbonyl (C=O) groups is 1.